The van der Waals surface area contributed by atoms with E-state index in [2.05, 4.69) is 36.2 Å². The lowest BCUT2D eigenvalue weighted by Crippen LogP contribution is -2.24. The molecule has 0 unspecified atom stereocenters. The maximum atomic E-state index is 14.3. The van der Waals surface area contributed by atoms with Crippen LogP contribution < -0.4 is 20.9 Å². The highest BCUT2D eigenvalue weighted by Gasteiger charge is 2.31. The molecule has 0 atom stereocenters. The molecule has 0 fully saturated rings. The molecule has 0 bridgehead atoms. The molecule has 2 heterocycles. The van der Waals surface area contributed by atoms with Crippen LogP contribution in [-0.2, 0) is 12.6 Å². The average Bonchev–Trinajstić information content (AvgIpc) is 3.38. The van der Waals surface area contributed by atoms with Gasteiger partial charge in [-0.15, -0.1) is 10.2 Å². The first-order valence-corrected chi connectivity index (χ1v) is 11.5. The zero-order valence-corrected chi connectivity index (χ0v) is 20.4. The Kier molecular flexibility index (Phi) is 8.00. The Morgan fingerprint density at radius 2 is 1.87 bits per heavy atom. The molecule has 0 saturated carbocycles. The van der Waals surface area contributed by atoms with E-state index in [0.717, 1.165) is 23.3 Å². The van der Waals surface area contributed by atoms with Gasteiger partial charge in [-0.25, -0.2) is 9.37 Å². The molecule has 0 amide bonds. The van der Waals surface area contributed by atoms with Crippen molar-refractivity contribution in [1.29, 1.82) is 0 Å². The van der Waals surface area contributed by atoms with E-state index in [0.29, 0.717) is 49.4 Å². The van der Waals surface area contributed by atoms with Crippen LogP contribution in [0.2, 0.25) is 0 Å². The number of nitrogens with zero attached hydrogens (tertiary/aromatic N) is 5. The first kappa shape index (κ1) is 26.7. The van der Waals surface area contributed by atoms with E-state index in [1.807, 2.05) is 13.8 Å². The van der Waals surface area contributed by atoms with Crippen LogP contribution in [0.25, 0.3) is 5.69 Å². The highest BCUT2D eigenvalue weighted by Crippen LogP contribution is 2.32. The van der Waals surface area contributed by atoms with Crippen molar-refractivity contribution in [3.63, 3.8) is 0 Å². The third kappa shape index (κ3) is 6.32. The van der Waals surface area contributed by atoms with Crippen LogP contribution in [0.5, 0.6) is 5.75 Å². The van der Waals surface area contributed by atoms with Gasteiger partial charge in [0.05, 0.1) is 11.3 Å². The summed E-state index contributed by atoms with van der Waals surface area (Å²) in [6, 6.07) is 5.52. The molecule has 0 aliphatic carbocycles. The van der Waals surface area contributed by atoms with E-state index in [1.165, 1.54) is 17.0 Å². The number of benzene rings is 2. The van der Waals surface area contributed by atoms with Gasteiger partial charge in [0, 0.05) is 37.6 Å². The molecule has 10 nitrogen and oxygen atoms in total. The van der Waals surface area contributed by atoms with Crippen LogP contribution >= 0.6 is 0 Å². The highest BCUT2D eigenvalue weighted by molar-refractivity contribution is 5.58. The van der Waals surface area contributed by atoms with Gasteiger partial charge in [0.15, 0.2) is 11.6 Å². The van der Waals surface area contributed by atoms with Crippen molar-refractivity contribution in [3.8, 4) is 11.4 Å². The van der Waals surface area contributed by atoms with Gasteiger partial charge in [-0.3, -0.25) is 9.36 Å². The maximum absolute atomic E-state index is 14.3. The lowest BCUT2D eigenvalue weighted by molar-refractivity contribution is -0.137. The Hall–Kier alpha value is -4.33. The number of alkyl halides is 3. The lowest BCUT2D eigenvalue weighted by Gasteiger charge is -2.16. The Labute approximate surface area is 214 Å². The summed E-state index contributed by atoms with van der Waals surface area (Å²) in [5.41, 5.74) is 0.0610. The molecular formula is C24H24F4N8O2. The minimum absolute atomic E-state index is 0.242. The number of hydrogen-bond donors (Lipinski definition) is 3. The predicted octanol–water partition coefficient (Wildman–Crippen LogP) is 3.48. The number of aryl methyl sites for hydroxylation is 2. The molecule has 200 valence electrons. The van der Waals surface area contributed by atoms with Crippen molar-refractivity contribution >= 4 is 11.5 Å². The van der Waals surface area contributed by atoms with Gasteiger partial charge >= 0.3 is 6.18 Å². The summed E-state index contributed by atoms with van der Waals surface area (Å²) in [6.45, 7) is 5.36. The zero-order chi connectivity index (χ0) is 27.3. The first-order chi connectivity index (χ1) is 18.1. The Morgan fingerprint density at radius 3 is 2.53 bits per heavy atom. The second-order valence-electron chi connectivity index (χ2n) is 8.35. The summed E-state index contributed by atoms with van der Waals surface area (Å²) in [7, 11) is 0. The van der Waals surface area contributed by atoms with Crippen LogP contribution in [0.1, 0.15) is 22.5 Å². The van der Waals surface area contributed by atoms with Gasteiger partial charge in [0.25, 0.3) is 5.56 Å². The maximum Gasteiger partial charge on any atom is 0.416 e. The fraction of sp³-hybridized carbons (Fsp3) is 0.292. The number of halogens is 4. The van der Waals surface area contributed by atoms with E-state index in [4.69, 9.17) is 4.74 Å². The number of rotatable bonds is 10. The number of ether oxygens (including phenoxy) is 1. The molecule has 2 aromatic heterocycles. The molecule has 0 radical (unpaired) electrons. The fourth-order valence-electron chi connectivity index (χ4n) is 3.75. The van der Waals surface area contributed by atoms with E-state index in [-0.39, 0.29) is 11.5 Å². The number of aromatic amines is 1. The fourth-order valence-corrected chi connectivity index (χ4v) is 3.75. The van der Waals surface area contributed by atoms with E-state index < -0.39 is 23.1 Å². The van der Waals surface area contributed by atoms with Crippen molar-refractivity contribution < 1.29 is 22.3 Å². The summed E-state index contributed by atoms with van der Waals surface area (Å²) in [6.07, 6.45) is -1.28. The van der Waals surface area contributed by atoms with Gasteiger partial charge < -0.3 is 15.4 Å². The van der Waals surface area contributed by atoms with Gasteiger partial charge in [0.2, 0.25) is 0 Å². The smallest absolute Gasteiger partial charge is 0.416 e. The van der Waals surface area contributed by atoms with Gasteiger partial charge in [0.1, 0.15) is 18.2 Å². The number of tetrazole rings is 1. The number of H-pyrrole nitrogens is 1. The van der Waals surface area contributed by atoms with Crippen LogP contribution in [0, 0.1) is 19.7 Å². The molecule has 0 spiro atoms. The quantitative estimate of drug-likeness (QED) is 0.210. The number of nitrogens with one attached hydrogen (secondary N) is 3. The molecule has 4 rings (SSSR count). The average molecular weight is 533 g/mol. The molecule has 0 aliphatic heterocycles. The molecule has 3 N–H and O–H groups in total. The minimum Gasteiger partial charge on any atom is -0.492 e. The van der Waals surface area contributed by atoms with Crippen molar-refractivity contribution in [2.24, 2.45) is 0 Å². The van der Waals surface area contributed by atoms with Gasteiger partial charge in [-0.2, -0.15) is 18.4 Å². The summed E-state index contributed by atoms with van der Waals surface area (Å²) in [5.74, 6) is -0.0986. The second kappa shape index (κ2) is 11.4. The Morgan fingerprint density at radius 1 is 1.11 bits per heavy atom. The molecule has 38 heavy (non-hydrogen) atoms. The van der Waals surface area contributed by atoms with E-state index in [1.54, 1.807) is 12.1 Å². The van der Waals surface area contributed by atoms with Crippen LogP contribution in [0.3, 0.4) is 0 Å². The largest absolute Gasteiger partial charge is 0.492 e. The van der Waals surface area contributed by atoms with Crippen LogP contribution in [-0.4, -0.2) is 49.9 Å². The van der Waals surface area contributed by atoms with Gasteiger partial charge in [-0.1, -0.05) is 5.21 Å². The SMILES string of the molecule is Cc1cc(-n2ccnc(Nc3ccc(C(F)(F)F)cc3F)c2=O)cc(C)c1OCCNCCc1nn[nH]n1. The molecule has 4 aromatic rings. The topological polar surface area (TPSA) is 123 Å². The lowest BCUT2D eigenvalue weighted by atomic mass is 10.1. The molecule has 2 aromatic carbocycles. The number of anilines is 2. The Balaban J connectivity index is 1.44. The summed E-state index contributed by atoms with van der Waals surface area (Å²) in [4.78, 5) is 17.0. The van der Waals surface area contributed by atoms with Crippen LogP contribution in [0.15, 0.2) is 47.5 Å². The molecule has 14 heteroatoms. The van der Waals surface area contributed by atoms with E-state index >= 15 is 0 Å². The van der Waals surface area contributed by atoms with Crippen molar-refractivity contribution in [1.82, 2.24) is 35.5 Å². The molecule has 0 saturated heterocycles. The third-order valence-corrected chi connectivity index (χ3v) is 5.55. The standard InChI is InChI=1S/C24H24F4N8O2/c1-14-11-17(12-15(2)21(14)38-10-8-29-6-5-20-32-34-35-33-20)36-9-7-30-22(23(36)37)31-19-4-3-16(13-18(19)25)24(26,27)28/h3-4,7,9,11-13,29H,5-6,8,10H2,1-2H3,(H,30,31)(H,32,33,34,35). The van der Waals surface area contributed by atoms with Crippen molar-refractivity contribution in [2.75, 3.05) is 25.0 Å². The van der Waals surface area contributed by atoms with Crippen LogP contribution in [0.4, 0.5) is 29.1 Å². The molecule has 0 aliphatic rings. The molecular weight excluding hydrogens is 508 g/mol. The summed E-state index contributed by atoms with van der Waals surface area (Å²) >= 11 is 0. The number of hydrogen-bond acceptors (Lipinski definition) is 8. The van der Waals surface area contributed by atoms with Gasteiger partial charge in [-0.05, 0) is 55.3 Å². The Bertz CT molecular complexity index is 1430. The first-order valence-electron chi connectivity index (χ1n) is 11.5. The second-order valence-corrected chi connectivity index (χ2v) is 8.35. The van der Waals surface area contributed by atoms with E-state index in [9.17, 15) is 22.4 Å². The third-order valence-electron chi connectivity index (χ3n) is 5.55. The zero-order valence-electron chi connectivity index (χ0n) is 20.4. The predicted molar refractivity (Wildman–Crippen MR) is 130 cm³/mol. The highest BCUT2D eigenvalue weighted by atomic mass is 19.4. The summed E-state index contributed by atoms with van der Waals surface area (Å²) < 4.78 is 60.0. The minimum atomic E-state index is -4.69. The normalized spacial score (nSPS) is 11.5. The van der Waals surface area contributed by atoms with Crippen molar-refractivity contribution in [3.05, 3.63) is 81.4 Å². The summed E-state index contributed by atoms with van der Waals surface area (Å²) in [5, 5.41) is 19.4. The number of aromatic nitrogens is 6. The monoisotopic (exact) mass is 532 g/mol. The van der Waals surface area contributed by atoms with Crippen molar-refractivity contribution in [2.45, 2.75) is 26.4 Å².